The Balaban J connectivity index is 1.37. The molecule has 0 aliphatic carbocycles. The fraction of sp³-hybridized carbons (Fsp3) is 0.542. The number of nitrogens with zero attached hydrogens (tertiary/aromatic N) is 5. The molecule has 0 spiro atoms. The third kappa shape index (κ3) is 4.58. The molecule has 0 unspecified atom stereocenters. The maximum Gasteiger partial charge on any atom is 0.253 e. The van der Waals surface area contributed by atoms with Crippen LogP contribution in [0, 0.1) is 0 Å². The number of hydrogen-bond donors (Lipinski definition) is 0. The van der Waals surface area contributed by atoms with Crippen LogP contribution in [0.5, 0.6) is 0 Å². The van der Waals surface area contributed by atoms with Crippen molar-refractivity contribution >= 4 is 17.7 Å². The van der Waals surface area contributed by atoms with Gasteiger partial charge in [0, 0.05) is 51.0 Å². The van der Waals surface area contributed by atoms with Gasteiger partial charge >= 0.3 is 0 Å². The van der Waals surface area contributed by atoms with Crippen LogP contribution >= 0.6 is 0 Å². The predicted molar refractivity (Wildman–Crippen MR) is 121 cm³/mol. The lowest BCUT2D eigenvalue weighted by Crippen LogP contribution is -2.49. The van der Waals surface area contributed by atoms with Crippen LogP contribution in [-0.4, -0.2) is 60.0 Å². The first kappa shape index (κ1) is 20.6. The van der Waals surface area contributed by atoms with Gasteiger partial charge in [-0.15, -0.1) is 0 Å². The zero-order valence-corrected chi connectivity index (χ0v) is 18.5. The summed E-state index contributed by atoms with van der Waals surface area (Å²) in [6.45, 7) is 11.7. The molecule has 30 heavy (non-hydrogen) atoms. The molecule has 2 aromatic rings. The molecule has 6 nitrogen and oxygen atoms in total. The Morgan fingerprint density at radius 3 is 2.13 bits per heavy atom. The minimum absolute atomic E-state index is 0.0950. The number of carbonyl (C=O) groups is 1. The van der Waals surface area contributed by atoms with Crippen molar-refractivity contribution in [2.24, 2.45) is 0 Å². The molecule has 2 aliphatic rings. The Hall–Kier alpha value is -2.63. The number of rotatable bonds is 3. The Morgan fingerprint density at radius 1 is 0.833 bits per heavy atom. The van der Waals surface area contributed by atoms with E-state index in [1.54, 1.807) is 0 Å². The van der Waals surface area contributed by atoms with Gasteiger partial charge in [-0.25, -0.2) is 4.98 Å². The molecule has 1 aromatic heterocycles. The smallest absolute Gasteiger partial charge is 0.253 e. The van der Waals surface area contributed by atoms with Crippen LogP contribution in [0.3, 0.4) is 0 Å². The van der Waals surface area contributed by atoms with Gasteiger partial charge in [-0.1, -0.05) is 32.9 Å². The molecule has 6 heteroatoms. The van der Waals surface area contributed by atoms with Crippen LogP contribution in [-0.2, 0) is 5.41 Å². The molecule has 0 saturated carbocycles. The number of amides is 1. The van der Waals surface area contributed by atoms with E-state index in [1.165, 1.54) is 24.8 Å². The molecule has 1 amide bonds. The minimum Gasteiger partial charge on any atom is -0.353 e. The number of anilines is 2. The fourth-order valence-electron chi connectivity index (χ4n) is 4.20. The first-order valence-electron chi connectivity index (χ1n) is 11.1. The van der Waals surface area contributed by atoms with Gasteiger partial charge in [-0.3, -0.25) is 4.79 Å². The highest BCUT2D eigenvalue weighted by Crippen LogP contribution is 2.23. The second-order valence-electron chi connectivity index (χ2n) is 9.37. The third-order valence-electron chi connectivity index (χ3n) is 6.16. The molecule has 2 aliphatic heterocycles. The second-order valence-corrected chi connectivity index (χ2v) is 9.37. The van der Waals surface area contributed by atoms with E-state index in [1.807, 2.05) is 29.3 Å². The number of piperazine rings is 1. The summed E-state index contributed by atoms with van der Waals surface area (Å²) in [5, 5.41) is 0. The normalized spacial score (nSPS) is 17.9. The quantitative estimate of drug-likeness (QED) is 0.776. The van der Waals surface area contributed by atoms with Gasteiger partial charge in [0.2, 0.25) is 5.95 Å². The molecule has 2 saturated heterocycles. The van der Waals surface area contributed by atoms with Gasteiger partial charge in [0.25, 0.3) is 5.91 Å². The van der Waals surface area contributed by atoms with Gasteiger partial charge in [-0.05, 0) is 48.4 Å². The molecule has 4 rings (SSSR count). The van der Waals surface area contributed by atoms with E-state index in [0.29, 0.717) is 13.1 Å². The van der Waals surface area contributed by atoms with Crippen LogP contribution in [0.4, 0.5) is 11.8 Å². The lowest BCUT2D eigenvalue weighted by atomic mass is 9.86. The van der Waals surface area contributed by atoms with Gasteiger partial charge in [0.1, 0.15) is 5.82 Å². The predicted octanol–water partition coefficient (Wildman–Crippen LogP) is 3.73. The monoisotopic (exact) mass is 407 g/mol. The van der Waals surface area contributed by atoms with Crippen LogP contribution in [0.2, 0.25) is 0 Å². The fourth-order valence-corrected chi connectivity index (χ4v) is 4.20. The number of hydrogen-bond acceptors (Lipinski definition) is 5. The Morgan fingerprint density at radius 2 is 1.50 bits per heavy atom. The number of aromatic nitrogens is 2. The van der Waals surface area contributed by atoms with Crippen molar-refractivity contribution in [3.8, 4) is 0 Å². The van der Waals surface area contributed by atoms with Crippen molar-refractivity contribution in [1.29, 1.82) is 0 Å². The molecule has 0 atom stereocenters. The van der Waals surface area contributed by atoms with Crippen molar-refractivity contribution in [2.75, 3.05) is 49.1 Å². The van der Waals surface area contributed by atoms with Crippen molar-refractivity contribution < 1.29 is 4.79 Å². The van der Waals surface area contributed by atoms with E-state index in [9.17, 15) is 4.79 Å². The average molecular weight is 408 g/mol. The number of benzene rings is 1. The van der Waals surface area contributed by atoms with Gasteiger partial charge < -0.3 is 14.7 Å². The maximum absolute atomic E-state index is 12.9. The van der Waals surface area contributed by atoms with Crippen molar-refractivity contribution in [1.82, 2.24) is 14.9 Å². The Bertz CT molecular complexity index is 860. The number of carbonyl (C=O) groups excluding carboxylic acids is 1. The molecular formula is C24H33N5O. The van der Waals surface area contributed by atoms with Gasteiger partial charge in [-0.2, -0.15) is 4.98 Å². The molecule has 3 heterocycles. The summed E-state index contributed by atoms with van der Waals surface area (Å²) in [5.41, 5.74) is 2.11. The summed E-state index contributed by atoms with van der Waals surface area (Å²) in [6, 6.07) is 10.1. The molecular weight excluding hydrogens is 374 g/mol. The van der Waals surface area contributed by atoms with Crippen LogP contribution < -0.4 is 9.80 Å². The summed E-state index contributed by atoms with van der Waals surface area (Å²) in [5.74, 6) is 1.92. The summed E-state index contributed by atoms with van der Waals surface area (Å²) < 4.78 is 0. The molecule has 0 radical (unpaired) electrons. The van der Waals surface area contributed by atoms with Crippen molar-refractivity contribution in [2.45, 2.75) is 45.4 Å². The topological polar surface area (TPSA) is 52.6 Å². The van der Waals surface area contributed by atoms with E-state index in [-0.39, 0.29) is 11.3 Å². The summed E-state index contributed by atoms with van der Waals surface area (Å²) in [6.07, 6.45) is 5.59. The third-order valence-corrected chi connectivity index (χ3v) is 6.16. The van der Waals surface area contributed by atoms with Gasteiger partial charge in [0.05, 0.1) is 0 Å². The maximum atomic E-state index is 12.9. The van der Waals surface area contributed by atoms with E-state index in [2.05, 4.69) is 47.7 Å². The Kier molecular flexibility index (Phi) is 5.93. The highest BCUT2D eigenvalue weighted by molar-refractivity contribution is 5.94. The number of piperidine rings is 1. The van der Waals surface area contributed by atoms with Crippen LogP contribution in [0.25, 0.3) is 0 Å². The molecule has 1 aromatic carbocycles. The first-order valence-corrected chi connectivity index (χ1v) is 11.1. The lowest BCUT2D eigenvalue weighted by molar-refractivity contribution is 0.0746. The summed E-state index contributed by atoms with van der Waals surface area (Å²) in [4.78, 5) is 28.8. The molecule has 2 fully saturated rings. The van der Waals surface area contributed by atoms with Crippen LogP contribution in [0.15, 0.2) is 36.5 Å². The zero-order chi connectivity index (χ0) is 21.1. The van der Waals surface area contributed by atoms with Gasteiger partial charge in [0.15, 0.2) is 0 Å². The van der Waals surface area contributed by atoms with Crippen molar-refractivity contribution in [3.63, 3.8) is 0 Å². The lowest BCUT2D eigenvalue weighted by Gasteiger charge is -2.36. The highest BCUT2D eigenvalue weighted by Gasteiger charge is 2.24. The van der Waals surface area contributed by atoms with E-state index >= 15 is 0 Å². The SMILES string of the molecule is CC(C)(C)c1ccc(C(=O)N2CCN(c3ccnc(N4CCCCC4)n3)CC2)cc1. The molecule has 0 N–H and O–H groups in total. The van der Waals surface area contributed by atoms with E-state index in [4.69, 9.17) is 4.98 Å². The Labute approximate surface area is 179 Å². The average Bonchev–Trinajstić information content (AvgIpc) is 2.79. The highest BCUT2D eigenvalue weighted by atomic mass is 16.2. The largest absolute Gasteiger partial charge is 0.353 e. The van der Waals surface area contributed by atoms with E-state index in [0.717, 1.165) is 43.5 Å². The zero-order valence-electron chi connectivity index (χ0n) is 18.5. The van der Waals surface area contributed by atoms with Crippen LogP contribution in [0.1, 0.15) is 56.0 Å². The van der Waals surface area contributed by atoms with Crippen molar-refractivity contribution in [3.05, 3.63) is 47.7 Å². The summed E-state index contributed by atoms with van der Waals surface area (Å²) in [7, 11) is 0. The first-order chi connectivity index (χ1) is 14.4. The standard InChI is InChI=1S/C24H33N5O/c1-24(2,3)20-9-7-19(8-10-20)22(30)28-17-15-27(16-18-28)21-11-12-25-23(26-21)29-13-5-4-6-14-29/h7-12H,4-6,13-18H2,1-3H3. The molecule has 0 bridgehead atoms. The summed E-state index contributed by atoms with van der Waals surface area (Å²) >= 11 is 0. The van der Waals surface area contributed by atoms with E-state index < -0.39 is 0 Å². The minimum atomic E-state index is 0.0950. The second kappa shape index (κ2) is 8.62. The molecule has 160 valence electrons.